The van der Waals surface area contributed by atoms with E-state index in [9.17, 15) is 20.3 Å². The second-order valence-electron chi connectivity index (χ2n) is 6.10. The van der Waals surface area contributed by atoms with E-state index in [1.807, 2.05) is 0 Å². The lowest BCUT2D eigenvalue weighted by Crippen LogP contribution is -2.02. The Morgan fingerprint density at radius 2 is 1.43 bits per heavy atom. The van der Waals surface area contributed by atoms with Crippen LogP contribution in [0.5, 0.6) is 11.5 Å². The van der Waals surface area contributed by atoms with Gasteiger partial charge in [-0.2, -0.15) is 0 Å². The number of benzene rings is 1. The van der Waals surface area contributed by atoms with Crippen molar-refractivity contribution in [1.29, 1.82) is 0 Å². The van der Waals surface area contributed by atoms with Gasteiger partial charge in [-0.05, 0) is 25.7 Å². The first-order chi connectivity index (χ1) is 11.0. The summed E-state index contributed by atoms with van der Waals surface area (Å²) in [6.07, 6.45) is 9.33. The summed E-state index contributed by atoms with van der Waals surface area (Å²) in [5.41, 5.74) is 1.09. The predicted molar refractivity (Wildman–Crippen MR) is 92.1 cm³/mol. The lowest BCUT2D eigenvalue weighted by molar-refractivity contribution is -0.385. The molecule has 0 saturated heterocycles. The van der Waals surface area contributed by atoms with Crippen LogP contribution >= 0.6 is 0 Å². The summed E-state index contributed by atoms with van der Waals surface area (Å²) in [4.78, 5) is 10.9. The molecule has 0 heterocycles. The summed E-state index contributed by atoms with van der Waals surface area (Å²) in [6.45, 7) is 4.24. The van der Waals surface area contributed by atoms with Crippen LogP contribution in [0.25, 0.3) is 0 Å². The summed E-state index contributed by atoms with van der Waals surface area (Å²) >= 11 is 0. The smallest absolute Gasteiger partial charge is 0.276 e. The van der Waals surface area contributed by atoms with Gasteiger partial charge in [-0.1, -0.05) is 52.4 Å². The van der Waals surface area contributed by atoms with E-state index >= 15 is 0 Å². The van der Waals surface area contributed by atoms with Crippen LogP contribution in [0, 0.1) is 10.1 Å². The fraction of sp³-hybridized carbons (Fsp3) is 0.667. The van der Waals surface area contributed by atoms with Crippen LogP contribution in [0.15, 0.2) is 6.07 Å². The molecular weight excluding hydrogens is 294 g/mol. The minimum atomic E-state index is -0.455. The molecule has 0 radical (unpaired) electrons. The number of phenolic OH excluding ortho intramolecular Hbond substituents is 2. The summed E-state index contributed by atoms with van der Waals surface area (Å²) in [5.74, 6) is -0.572. The third kappa shape index (κ3) is 5.73. The normalized spacial score (nSPS) is 10.9. The van der Waals surface area contributed by atoms with E-state index < -0.39 is 4.92 Å². The van der Waals surface area contributed by atoms with Crippen molar-refractivity contribution < 1.29 is 15.1 Å². The standard InChI is InChI=1S/C18H29NO4/c1-3-5-7-9-11-14-15(12-10-8-6-4-2)18(21)17(20)13-16(14)19(22)23/h13,20-21H,3-12H2,1-2H3. The molecule has 0 aliphatic rings. The molecule has 0 unspecified atom stereocenters. The average Bonchev–Trinajstić information content (AvgIpc) is 2.52. The highest BCUT2D eigenvalue weighted by Crippen LogP contribution is 2.39. The van der Waals surface area contributed by atoms with Gasteiger partial charge >= 0.3 is 0 Å². The molecule has 0 aliphatic carbocycles. The quantitative estimate of drug-likeness (QED) is 0.252. The number of hydrogen-bond acceptors (Lipinski definition) is 4. The van der Waals surface area contributed by atoms with Gasteiger partial charge in [-0.3, -0.25) is 10.1 Å². The number of nitro groups is 1. The number of nitrogens with zero attached hydrogens (tertiary/aromatic N) is 1. The highest BCUT2D eigenvalue weighted by atomic mass is 16.6. The molecule has 1 rings (SSSR count). The number of aromatic hydroxyl groups is 2. The number of phenols is 2. The van der Waals surface area contributed by atoms with Gasteiger partial charge in [0.2, 0.25) is 0 Å². The van der Waals surface area contributed by atoms with Crippen molar-refractivity contribution in [2.24, 2.45) is 0 Å². The Bertz CT molecular complexity index is 514. The van der Waals surface area contributed by atoms with Crippen molar-refractivity contribution >= 4 is 5.69 Å². The molecule has 0 amide bonds. The molecule has 0 bridgehead atoms. The van der Waals surface area contributed by atoms with Gasteiger partial charge in [-0.15, -0.1) is 0 Å². The molecule has 0 fully saturated rings. The molecule has 2 N–H and O–H groups in total. The van der Waals surface area contributed by atoms with Crippen LogP contribution in [0.3, 0.4) is 0 Å². The molecule has 130 valence electrons. The molecule has 0 saturated carbocycles. The maximum atomic E-state index is 11.3. The summed E-state index contributed by atoms with van der Waals surface area (Å²) < 4.78 is 0. The van der Waals surface area contributed by atoms with Gasteiger partial charge in [0, 0.05) is 11.1 Å². The van der Waals surface area contributed by atoms with Crippen LogP contribution in [0.1, 0.15) is 76.3 Å². The molecule has 5 nitrogen and oxygen atoms in total. The van der Waals surface area contributed by atoms with Crippen LogP contribution in [0.2, 0.25) is 0 Å². The van der Waals surface area contributed by atoms with E-state index in [1.54, 1.807) is 0 Å². The van der Waals surface area contributed by atoms with Gasteiger partial charge in [-0.25, -0.2) is 0 Å². The molecule has 1 aromatic carbocycles. The first-order valence-electron chi connectivity index (χ1n) is 8.73. The van der Waals surface area contributed by atoms with E-state index in [2.05, 4.69) is 13.8 Å². The van der Waals surface area contributed by atoms with E-state index in [0.29, 0.717) is 24.0 Å². The first kappa shape index (κ1) is 19.3. The lowest BCUT2D eigenvalue weighted by atomic mass is 9.94. The third-order valence-electron chi connectivity index (χ3n) is 4.23. The topological polar surface area (TPSA) is 83.6 Å². The van der Waals surface area contributed by atoms with Crippen molar-refractivity contribution in [3.63, 3.8) is 0 Å². The van der Waals surface area contributed by atoms with Gasteiger partial charge < -0.3 is 10.2 Å². The van der Waals surface area contributed by atoms with E-state index in [-0.39, 0.29) is 17.2 Å². The average molecular weight is 323 g/mol. The monoisotopic (exact) mass is 323 g/mol. The summed E-state index contributed by atoms with van der Waals surface area (Å²) in [7, 11) is 0. The van der Waals surface area contributed by atoms with Crippen molar-refractivity contribution in [2.75, 3.05) is 0 Å². The fourth-order valence-electron chi connectivity index (χ4n) is 2.91. The van der Waals surface area contributed by atoms with Gasteiger partial charge in [0.1, 0.15) is 0 Å². The second-order valence-corrected chi connectivity index (χ2v) is 6.10. The Labute approximate surface area is 138 Å². The van der Waals surface area contributed by atoms with Crippen LogP contribution in [0.4, 0.5) is 5.69 Å². The number of nitro benzene ring substituents is 1. The van der Waals surface area contributed by atoms with Crippen molar-refractivity contribution in [2.45, 2.75) is 78.1 Å². The maximum absolute atomic E-state index is 11.3. The van der Waals surface area contributed by atoms with Crippen LogP contribution < -0.4 is 0 Å². The van der Waals surface area contributed by atoms with Gasteiger partial charge in [0.05, 0.1) is 11.0 Å². The van der Waals surface area contributed by atoms with Gasteiger partial charge in [0.15, 0.2) is 11.5 Å². The third-order valence-corrected chi connectivity index (χ3v) is 4.23. The zero-order chi connectivity index (χ0) is 17.2. The maximum Gasteiger partial charge on any atom is 0.276 e. The Balaban J connectivity index is 3.02. The Morgan fingerprint density at radius 1 is 0.913 bits per heavy atom. The minimum Gasteiger partial charge on any atom is -0.504 e. The van der Waals surface area contributed by atoms with E-state index in [4.69, 9.17) is 0 Å². The zero-order valence-corrected chi connectivity index (χ0v) is 14.3. The van der Waals surface area contributed by atoms with Gasteiger partial charge in [0.25, 0.3) is 5.69 Å². The van der Waals surface area contributed by atoms with Crippen LogP contribution in [-0.2, 0) is 12.8 Å². The highest BCUT2D eigenvalue weighted by Gasteiger charge is 2.23. The molecule has 23 heavy (non-hydrogen) atoms. The zero-order valence-electron chi connectivity index (χ0n) is 14.3. The fourth-order valence-corrected chi connectivity index (χ4v) is 2.91. The minimum absolute atomic E-state index is 0.0673. The molecule has 0 aromatic heterocycles. The Kier molecular flexibility index (Phi) is 8.45. The molecule has 1 aromatic rings. The molecule has 0 aliphatic heterocycles. The first-order valence-corrected chi connectivity index (χ1v) is 8.73. The molecule has 0 spiro atoms. The molecule has 5 heteroatoms. The molecular formula is C18H29NO4. The van der Waals surface area contributed by atoms with E-state index in [1.165, 1.54) is 0 Å². The van der Waals surface area contributed by atoms with Crippen molar-refractivity contribution in [3.05, 3.63) is 27.3 Å². The lowest BCUT2D eigenvalue weighted by Gasteiger charge is -2.13. The van der Waals surface area contributed by atoms with Crippen molar-refractivity contribution in [3.8, 4) is 11.5 Å². The highest BCUT2D eigenvalue weighted by molar-refractivity contribution is 5.59. The molecule has 0 atom stereocenters. The summed E-state index contributed by atoms with van der Waals surface area (Å²) in [6, 6.07) is 1.08. The second kappa shape index (κ2) is 10.1. The summed E-state index contributed by atoms with van der Waals surface area (Å²) in [5, 5.41) is 31.3. The Morgan fingerprint density at radius 3 is 1.91 bits per heavy atom. The SMILES string of the molecule is CCCCCCc1c([N+](=O)[O-])cc(O)c(O)c1CCCCCC. The predicted octanol–water partition coefficient (Wildman–Crippen LogP) is 5.25. The number of unbranched alkanes of at least 4 members (excludes halogenated alkanes) is 6. The largest absolute Gasteiger partial charge is 0.504 e. The number of hydrogen-bond donors (Lipinski definition) is 2. The van der Waals surface area contributed by atoms with Crippen LogP contribution in [-0.4, -0.2) is 15.1 Å². The number of rotatable bonds is 11. The van der Waals surface area contributed by atoms with Crippen molar-refractivity contribution in [1.82, 2.24) is 0 Å². The van der Waals surface area contributed by atoms with E-state index in [0.717, 1.165) is 57.4 Å². The Hall–Kier alpha value is -1.78.